The molecule has 3 rings (SSSR count). The fourth-order valence-corrected chi connectivity index (χ4v) is 2.60. The van der Waals surface area contributed by atoms with Crippen molar-refractivity contribution in [2.45, 2.75) is 23.7 Å². The van der Waals surface area contributed by atoms with Crippen LogP contribution in [0.4, 0.5) is 0 Å². The Bertz CT molecular complexity index is 704. The van der Waals surface area contributed by atoms with Gasteiger partial charge in [0.1, 0.15) is 16.2 Å². The average Bonchev–Trinajstić information content (AvgIpc) is 3.03. The molecule has 0 atom stereocenters. The standard InChI is InChI=1S/C10H10ClN3O2S/c1-14-9(6-2-3-6)13-8-4-7(17(11,15)16)5-12-10(8)14/h4-6H,2-3H2,1H3. The Morgan fingerprint density at radius 2 is 2.18 bits per heavy atom. The molecule has 0 N–H and O–H groups in total. The third-order valence-corrected chi connectivity index (χ3v) is 4.26. The molecule has 1 fully saturated rings. The molecule has 90 valence electrons. The van der Waals surface area contributed by atoms with E-state index in [4.69, 9.17) is 10.7 Å². The van der Waals surface area contributed by atoms with Gasteiger partial charge in [0.05, 0.1) is 0 Å². The van der Waals surface area contributed by atoms with Crippen LogP contribution in [0.15, 0.2) is 17.2 Å². The zero-order valence-corrected chi connectivity index (χ0v) is 10.7. The minimum atomic E-state index is -3.74. The molecule has 0 saturated heterocycles. The predicted molar refractivity (Wildman–Crippen MR) is 63.5 cm³/mol. The Morgan fingerprint density at radius 3 is 2.76 bits per heavy atom. The number of hydrogen-bond donors (Lipinski definition) is 0. The van der Waals surface area contributed by atoms with Crippen LogP contribution in [0.3, 0.4) is 0 Å². The van der Waals surface area contributed by atoms with E-state index in [0.717, 1.165) is 18.7 Å². The van der Waals surface area contributed by atoms with Crippen molar-refractivity contribution in [1.29, 1.82) is 0 Å². The molecule has 17 heavy (non-hydrogen) atoms. The molecule has 1 aliphatic carbocycles. The lowest BCUT2D eigenvalue weighted by Gasteiger charge is -1.98. The van der Waals surface area contributed by atoms with E-state index in [0.29, 0.717) is 17.1 Å². The zero-order chi connectivity index (χ0) is 12.2. The SMILES string of the molecule is Cn1c(C2CC2)nc2cc(S(=O)(=O)Cl)cnc21. The van der Waals surface area contributed by atoms with Crippen molar-refractivity contribution < 1.29 is 8.42 Å². The monoisotopic (exact) mass is 271 g/mol. The van der Waals surface area contributed by atoms with E-state index in [1.54, 1.807) is 0 Å². The third kappa shape index (κ3) is 1.81. The molecule has 5 nitrogen and oxygen atoms in total. The highest BCUT2D eigenvalue weighted by Crippen LogP contribution is 2.40. The molecule has 0 spiro atoms. The Labute approximate surface area is 103 Å². The van der Waals surface area contributed by atoms with E-state index in [9.17, 15) is 8.42 Å². The summed E-state index contributed by atoms with van der Waals surface area (Å²) in [4.78, 5) is 8.53. The van der Waals surface area contributed by atoms with Gasteiger partial charge in [0.2, 0.25) is 0 Å². The summed E-state index contributed by atoms with van der Waals surface area (Å²) in [6, 6.07) is 1.47. The minimum absolute atomic E-state index is 0.00730. The van der Waals surface area contributed by atoms with Crippen molar-refractivity contribution in [3.63, 3.8) is 0 Å². The Kier molecular flexibility index (Phi) is 2.21. The number of rotatable bonds is 2. The van der Waals surface area contributed by atoms with Gasteiger partial charge in [0, 0.05) is 29.8 Å². The molecule has 2 aromatic heterocycles. The topological polar surface area (TPSA) is 64.8 Å². The summed E-state index contributed by atoms with van der Waals surface area (Å²) in [5, 5.41) is 0. The molecule has 0 amide bonds. The number of nitrogens with zero attached hydrogens (tertiary/aromatic N) is 3. The maximum Gasteiger partial charge on any atom is 0.262 e. The maximum atomic E-state index is 11.2. The molecule has 0 bridgehead atoms. The van der Waals surface area contributed by atoms with Crippen molar-refractivity contribution in [3.05, 3.63) is 18.1 Å². The predicted octanol–water partition coefficient (Wildman–Crippen LogP) is 1.77. The summed E-state index contributed by atoms with van der Waals surface area (Å²) in [5.41, 5.74) is 1.27. The lowest BCUT2D eigenvalue weighted by atomic mass is 10.4. The van der Waals surface area contributed by atoms with Crippen LogP contribution < -0.4 is 0 Å². The van der Waals surface area contributed by atoms with E-state index >= 15 is 0 Å². The number of hydrogen-bond acceptors (Lipinski definition) is 4. The third-order valence-electron chi connectivity index (χ3n) is 2.94. The Balaban J connectivity index is 2.23. The lowest BCUT2D eigenvalue weighted by Crippen LogP contribution is -1.97. The summed E-state index contributed by atoms with van der Waals surface area (Å²) in [5.74, 6) is 1.46. The highest BCUT2D eigenvalue weighted by Gasteiger charge is 2.29. The van der Waals surface area contributed by atoms with E-state index in [1.165, 1.54) is 12.3 Å². The van der Waals surface area contributed by atoms with Crippen LogP contribution in [-0.2, 0) is 16.1 Å². The summed E-state index contributed by atoms with van der Waals surface area (Å²) in [7, 11) is 3.43. The van der Waals surface area contributed by atoms with Gasteiger partial charge in [-0.15, -0.1) is 0 Å². The van der Waals surface area contributed by atoms with Gasteiger partial charge in [-0.3, -0.25) is 0 Å². The second-order valence-corrected chi connectivity index (χ2v) is 6.82. The smallest absolute Gasteiger partial charge is 0.262 e. The van der Waals surface area contributed by atoms with Crippen LogP contribution in [0.25, 0.3) is 11.2 Å². The molecule has 0 aromatic carbocycles. The van der Waals surface area contributed by atoms with E-state index < -0.39 is 9.05 Å². The fraction of sp³-hybridized carbons (Fsp3) is 0.400. The maximum absolute atomic E-state index is 11.2. The summed E-state index contributed by atoms with van der Waals surface area (Å²) < 4.78 is 24.3. The molecule has 0 unspecified atom stereocenters. The number of aryl methyl sites for hydroxylation is 1. The summed E-state index contributed by atoms with van der Waals surface area (Å²) >= 11 is 0. The first-order valence-electron chi connectivity index (χ1n) is 5.24. The largest absolute Gasteiger partial charge is 0.316 e. The highest BCUT2D eigenvalue weighted by atomic mass is 35.7. The van der Waals surface area contributed by atoms with Crippen LogP contribution in [-0.4, -0.2) is 23.0 Å². The van der Waals surface area contributed by atoms with Crippen molar-refractivity contribution in [2.24, 2.45) is 7.05 Å². The average molecular weight is 272 g/mol. The van der Waals surface area contributed by atoms with Crippen LogP contribution in [0, 0.1) is 0 Å². The van der Waals surface area contributed by atoms with E-state index in [1.807, 2.05) is 11.6 Å². The second kappa shape index (κ2) is 3.43. The second-order valence-electron chi connectivity index (χ2n) is 4.25. The lowest BCUT2D eigenvalue weighted by molar-refractivity contribution is 0.609. The van der Waals surface area contributed by atoms with Crippen molar-refractivity contribution in [3.8, 4) is 0 Å². The van der Waals surface area contributed by atoms with Crippen molar-refractivity contribution >= 4 is 30.9 Å². The van der Waals surface area contributed by atoms with Crippen LogP contribution in [0.2, 0.25) is 0 Å². The minimum Gasteiger partial charge on any atom is -0.316 e. The molecule has 2 heterocycles. The Morgan fingerprint density at radius 1 is 1.47 bits per heavy atom. The van der Waals surface area contributed by atoms with Crippen molar-refractivity contribution in [2.75, 3.05) is 0 Å². The first-order valence-corrected chi connectivity index (χ1v) is 7.55. The van der Waals surface area contributed by atoms with Gasteiger partial charge in [-0.2, -0.15) is 0 Å². The van der Waals surface area contributed by atoms with Crippen LogP contribution in [0.1, 0.15) is 24.6 Å². The number of pyridine rings is 1. The van der Waals surface area contributed by atoms with Gasteiger partial charge in [0.25, 0.3) is 9.05 Å². The summed E-state index contributed by atoms with van der Waals surface area (Å²) in [6.45, 7) is 0. The molecule has 2 aromatic rings. The van der Waals surface area contributed by atoms with Gasteiger partial charge in [-0.1, -0.05) is 0 Å². The van der Waals surface area contributed by atoms with Gasteiger partial charge in [-0.05, 0) is 18.9 Å². The van der Waals surface area contributed by atoms with Crippen molar-refractivity contribution in [1.82, 2.24) is 14.5 Å². The quantitative estimate of drug-likeness (QED) is 0.781. The van der Waals surface area contributed by atoms with Crippen LogP contribution >= 0.6 is 10.7 Å². The summed E-state index contributed by atoms with van der Waals surface area (Å²) in [6.07, 6.45) is 3.54. The fourth-order valence-electron chi connectivity index (χ4n) is 1.92. The van der Waals surface area contributed by atoms with E-state index in [-0.39, 0.29) is 4.90 Å². The molecule has 1 saturated carbocycles. The Hall–Kier alpha value is -1.14. The highest BCUT2D eigenvalue weighted by molar-refractivity contribution is 8.13. The van der Waals surface area contributed by atoms with Gasteiger partial charge in [0.15, 0.2) is 5.65 Å². The zero-order valence-electron chi connectivity index (χ0n) is 9.09. The molecule has 0 aliphatic heterocycles. The van der Waals surface area contributed by atoms with Gasteiger partial charge < -0.3 is 4.57 Å². The van der Waals surface area contributed by atoms with Gasteiger partial charge in [-0.25, -0.2) is 18.4 Å². The van der Waals surface area contributed by atoms with Crippen LogP contribution in [0.5, 0.6) is 0 Å². The first-order chi connectivity index (χ1) is 7.97. The number of imidazole rings is 1. The molecule has 1 aliphatic rings. The molecular weight excluding hydrogens is 262 g/mol. The number of aromatic nitrogens is 3. The van der Waals surface area contributed by atoms with E-state index in [2.05, 4.69) is 9.97 Å². The molecular formula is C10H10ClN3O2S. The number of halogens is 1. The normalized spacial score (nSPS) is 16.6. The molecule has 7 heteroatoms. The van der Waals surface area contributed by atoms with Gasteiger partial charge >= 0.3 is 0 Å². The first kappa shape index (κ1) is 11.0. The number of fused-ring (bicyclic) bond motifs is 1. The molecule has 0 radical (unpaired) electrons.